The summed E-state index contributed by atoms with van der Waals surface area (Å²) in [6.07, 6.45) is 7.33. The second-order valence-electron chi connectivity index (χ2n) is 8.14. The molecule has 2 aromatic rings. The molecule has 5 nitrogen and oxygen atoms in total. The third-order valence-corrected chi connectivity index (χ3v) is 6.19. The molecule has 2 amide bonds. The quantitative estimate of drug-likeness (QED) is 0.817. The molecule has 1 atom stereocenters. The van der Waals surface area contributed by atoms with Gasteiger partial charge in [0.25, 0.3) is 5.91 Å². The first kappa shape index (κ1) is 18.1. The molecule has 2 aliphatic rings. The Hall–Kier alpha value is -2.30. The minimum atomic E-state index is 0.0507. The summed E-state index contributed by atoms with van der Waals surface area (Å²) in [5.41, 5.74) is 1.45. The number of amides is 2. The van der Waals surface area contributed by atoms with Crippen molar-refractivity contribution in [2.24, 2.45) is 5.41 Å². The van der Waals surface area contributed by atoms with E-state index in [9.17, 15) is 9.59 Å². The number of carbonyl (C=O) groups excluding carboxylic acids is 2. The van der Waals surface area contributed by atoms with Crippen LogP contribution in [0.5, 0.6) is 0 Å². The SMILES string of the molecule is CCCCN1C[C@]2(CCCN(C(=O)c3coc4ccccc34)C2)CCC1=O. The van der Waals surface area contributed by atoms with Crippen molar-refractivity contribution in [3.05, 3.63) is 36.1 Å². The maximum Gasteiger partial charge on any atom is 0.257 e. The summed E-state index contributed by atoms with van der Waals surface area (Å²) in [6.45, 7) is 5.31. The molecule has 0 radical (unpaired) electrons. The maximum atomic E-state index is 13.2. The molecule has 2 saturated heterocycles. The molecule has 27 heavy (non-hydrogen) atoms. The van der Waals surface area contributed by atoms with Gasteiger partial charge >= 0.3 is 0 Å². The third kappa shape index (κ3) is 3.47. The molecule has 4 rings (SSSR count). The first-order valence-electron chi connectivity index (χ1n) is 10.2. The number of benzene rings is 1. The molecule has 1 aromatic heterocycles. The van der Waals surface area contributed by atoms with Gasteiger partial charge in [-0.15, -0.1) is 0 Å². The van der Waals surface area contributed by atoms with E-state index in [1.807, 2.05) is 34.1 Å². The molecule has 0 unspecified atom stereocenters. The second kappa shape index (κ2) is 7.37. The Bertz CT molecular complexity index is 843. The summed E-state index contributed by atoms with van der Waals surface area (Å²) in [4.78, 5) is 29.5. The fourth-order valence-corrected chi connectivity index (χ4v) is 4.68. The van der Waals surface area contributed by atoms with Crippen LogP contribution in [0, 0.1) is 5.41 Å². The molecule has 1 aromatic carbocycles. The highest BCUT2D eigenvalue weighted by Crippen LogP contribution is 2.39. The molecule has 2 aliphatic heterocycles. The van der Waals surface area contributed by atoms with Crippen molar-refractivity contribution in [2.45, 2.75) is 45.4 Å². The van der Waals surface area contributed by atoms with Crippen LogP contribution < -0.4 is 0 Å². The first-order chi connectivity index (χ1) is 13.1. The van der Waals surface area contributed by atoms with E-state index in [1.165, 1.54) is 0 Å². The van der Waals surface area contributed by atoms with Crippen LogP contribution in [0.4, 0.5) is 0 Å². The number of unbranched alkanes of at least 4 members (excludes halogenated alkanes) is 1. The number of likely N-dealkylation sites (tertiary alicyclic amines) is 2. The van der Waals surface area contributed by atoms with Gasteiger partial charge in [0.2, 0.25) is 5.91 Å². The van der Waals surface area contributed by atoms with Crippen molar-refractivity contribution >= 4 is 22.8 Å². The van der Waals surface area contributed by atoms with Gasteiger partial charge in [0.15, 0.2) is 0 Å². The van der Waals surface area contributed by atoms with Crippen molar-refractivity contribution in [3.8, 4) is 0 Å². The van der Waals surface area contributed by atoms with Crippen LogP contribution in [0.1, 0.15) is 55.8 Å². The number of carbonyl (C=O) groups is 2. The molecule has 0 bridgehead atoms. The van der Waals surface area contributed by atoms with Gasteiger partial charge in [-0.05, 0) is 31.7 Å². The summed E-state index contributed by atoms with van der Waals surface area (Å²) < 4.78 is 5.57. The number of nitrogens with zero attached hydrogens (tertiary/aromatic N) is 2. The molecule has 2 fully saturated rings. The number of para-hydroxylation sites is 1. The lowest BCUT2D eigenvalue weighted by Gasteiger charge is -2.48. The summed E-state index contributed by atoms with van der Waals surface area (Å²) in [5, 5.41) is 0.880. The van der Waals surface area contributed by atoms with Gasteiger partial charge in [0.05, 0.1) is 5.56 Å². The highest BCUT2D eigenvalue weighted by Gasteiger charge is 2.42. The van der Waals surface area contributed by atoms with Crippen molar-refractivity contribution in [2.75, 3.05) is 26.2 Å². The zero-order valence-electron chi connectivity index (χ0n) is 16.1. The van der Waals surface area contributed by atoms with E-state index < -0.39 is 0 Å². The molecule has 1 spiro atoms. The lowest BCUT2D eigenvalue weighted by Crippen LogP contribution is -2.55. The highest BCUT2D eigenvalue weighted by atomic mass is 16.3. The van der Waals surface area contributed by atoms with Crippen LogP contribution in [0.25, 0.3) is 11.0 Å². The summed E-state index contributed by atoms with van der Waals surface area (Å²) in [5.74, 6) is 0.328. The fraction of sp³-hybridized carbons (Fsp3) is 0.545. The Morgan fingerprint density at radius 3 is 2.93 bits per heavy atom. The van der Waals surface area contributed by atoms with Gasteiger partial charge in [-0.25, -0.2) is 0 Å². The Morgan fingerprint density at radius 1 is 1.22 bits per heavy atom. The van der Waals surface area contributed by atoms with Crippen LogP contribution in [-0.2, 0) is 4.79 Å². The predicted octanol–water partition coefficient (Wildman–Crippen LogP) is 4.08. The number of hydrogen-bond donors (Lipinski definition) is 0. The van der Waals surface area contributed by atoms with Gasteiger partial charge in [-0.2, -0.15) is 0 Å². The van der Waals surface area contributed by atoms with E-state index in [2.05, 4.69) is 6.92 Å². The molecule has 0 aliphatic carbocycles. The van der Waals surface area contributed by atoms with Crippen LogP contribution in [-0.4, -0.2) is 47.8 Å². The molecule has 5 heteroatoms. The maximum absolute atomic E-state index is 13.2. The van der Waals surface area contributed by atoms with Crippen LogP contribution >= 0.6 is 0 Å². The Labute approximate surface area is 160 Å². The van der Waals surface area contributed by atoms with Gasteiger partial charge in [-0.1, -0.05) is 31.5 Å². The smallest absolute Gasteiger partial charge is 0.257 e. The Morgan fingerprint density at radius 2 is 2.07 bits per heavy atom. The lowest BCUT2D eigenvalue weighted by molar-refractivity contribution is -0.139. The lowest BCUT2D eigenvalue weighted by atomic mass is 9.73. The topological polar surface area (TPSA) is 53.8 Å². The van der Waals surface area contributed by atoms with Gasteiger partial charge in [0, 0.05) is 43.4 Å². The van der Waals surface area contributed by atoms with E-state index in [1.54, 1.807) is 6.26 Å². The minimum Gasteiger partial charge on any atom is -0.463 e. The van der Waals surface area contributed by atoms with Crippen LogP contribution in [0.2, 0.25) is 0 Å². The van der Waals surface area contributed by atoms with Crippen LogP contribution in [0.3, 0.4) is 0 Å². The van der Waals surface area contributed by atoms with E-state index >= 15 is 0 Å². The van der Waals surface area contributed by atoms with Crippen LogP contribution in [0.15, 0.2) is 34.9 Å². The largest absolute Gasteiger partial charge is 0.463 e. The summed E-state index contributed by atoms with van der Waals surface area (Å²) in [6, 6.07) is 7.68. The first-order valence-corrected chi connectivity index (χ1v) is 10.2. The number of piperidine rings is 2. The monoisotopic (exact) mass is 368 g/mol. The summed E-state index contributed by atoms with van der Waals surface area (Å²) in [7, 11) is 0. The fourth-order valence-electron chi connectivity index (χ4n) is 4.68. The molecule has 144 valence electrons. The average molecular weight is 368 g/mol. The highest BCUT2D eigenvalue weighted by molar-refractivity contribution is 6.05. The zero-order chi connectivity index (χ0) is 18.9. The molecule has 0 saturated carbocycles. The van der Waals surface area contributed by atoms with E-state index in [0.717, 1.165) is 69.3 Å². The number of hydrogen-bond acceptors (Lipinski definition) is 3. The van der Waals surface area contributed by atoms with Gasteiger partial charge < -0.3 is 14.2 Å². The second-order valence-corrected chi connectivity index (χ2v) is 8.14. The molecule has 3 heterocycles. The third-order valence-electron chi connectivity index (χ3n) is 6.19. The average Bonchev–Trinajstić information content (AvgIpc) is 3.12. The number of rotatable bonds is 4. The normalized spacial score (nSPS) is 23.4. The molecule has 0 N–H and O–H groups in total. The zero-order valence-corrected chi connectivity index (χ0v) is 16.1. The molecular weight excluding hydrogens is 340 g/mol. The van der Waals surface area contributed by atoms with Crippen molar-refractivity contribution < 1.29 is 14.0 Å². The van der Waals surface area contributed by atoms with Crippen molar-refractivity contribution in [1.29, 1.82) is 0 Å². The number of furan rings is 1. The van der Waals surface area contributed by atoms with E-state index in [4.69, 9.17) is 4.42 Å². The Balaban J connectivity index is 1.52. The van der Waals surface area contributed by atoms with Crippen molar-refractivity contribution in [1.82, 2.24) is 9.80 Å². The predicted molar refractivity (Wildman–Crippen MR) is 105 cm³/mol. The van der Waals surface area contributed by atoms with Gasteiger partial charge in [0.1, 0.15) is 11.8 Å². The van der Waals surface area contributed by atoms with E-state index in [0.29, 0.717) is 12.0 Å². The van der Waals surface area contributed by atoms with E-state index in [-0.39, 0.29) is 17.2 Å². The number of fused-ring (bicyclic) bond motifs is 1. The van der Waals surface area contributed by atoms with Gasteiger partial charge in [-0.3, -0.25) is 9.59 Å². The minimum absolute atomic E-state index is 0.0507. The molecular formula is C22H28N2O3. The van der Waals surface area contributed by atoms with Crippen molar-refractivity contribution in [3.63, 3.8) is 0 Å². The Kier molecular flexibility index (Phi) is 4.94. The standard InChI is InChI=1S/C22H28N2O3/c1-2-3-12-23-15-22(11-9-20(23)25)10-6-13-24(16-22)21(26)18-14-27-19-8-5-4-7-17(18)19/h4-5,7-8,14H,2-3,6,9-13,15-16H2,1H3/t22-/m0/s1. The summed E-state index contributed by atoms with van der Waals surface area (Å²) >= 11 is 0.